The number of hydrogen-bond donors (Lipinski definition) is 2. The maximum Gasteiger partial charge on any atom is 0.113 e. The van der Waals surface area contributed by atoms with Gasteiger partial charge in [-0.3, -0.25) is 0 Å². The van der Waals surface area contributed by atoms with E-state index in [9.17, 15) is 5.11 Å². The van der Waals surface area contributed by atoms with E-state index in [0.717, 1.165) is 11.3 Å². The van der Waals surface area contributed by atoms with Crippen molar-refractivity contribution in [2.75, 3.05) is 13.2 Å². The lowest BCUT2D eigenvalue weighted by Gasteiger charge is -2.31. The van der Waals surface area contributed by atoms with Crippen LogP contribution in [-0.4, -0.2) is 44.7 Å². The van der Waals surface area contributed by atoms with Gasteiger partial charge in [0.05, 0.1) is 30.8 Å². The highest BCUT2D eigenvalue weighted by Crippen LogP contribution is 2.24. The lowest BCUT2D eigenvalue weighted by molar-refractivity contribution is -0.0274. The highest BCUT2D eigenvalue weighted by atomic mass is 32.1. The number of ether oxygens (including phenoxy) is 1. The van der Waals surface area contributed by atoms with Crippen LogP contribution < -0.4 is 0 Å². The summed E-state index contributed by atoms with van der Waals surface area (Å²) < 4.78 is 7.07. The maximum atomic E-state index is 10.1. The zero-order chi connectivity index (χ0) is 13.2. The minimum atomic E-state index is -0.581. The molecule has 3 rings (SSSR count). The average molecular weight is 277 g/mol. The van der Waals surface area contributed by atoms with E-state index in [0.29, 0.717) is 13.2 Å². The summed E-state index contributed by atoms with van der Waals surface area (Å²) in [4.78, 5) is 0. The summed E-state index contributed by atoms with van der Waals surface area (Å²) in [5.41, 5.74) is 1.79. The Morgan fingerprint density at radius 1 is 1.26 bits per heavy atom. The first-order chi connectivity index (χ1) is 9.25. The molecule has 2 aromatic rings. The van der Waals surface area contributed by atoms with E-state index in [1.54, 1.807) is 4.68 Å². The van der Waals surface area contributed by atoms with Crippen molar-refractivity contribution in [2.45, 2.75) is 17.4 Å². The molecule has 1 N–H and O–H groups in total. The van der Waals surface area contributed by atoms with E-state index in [2.05, 4.69) is 22.9 Å². The number of aliphatic hydroxyl groups is 1. The van der Waals surface area contributed by atoms with Gasteiger partial charge >= 0.3 is 0 Å². The number of thiol groups is 1. The summed E-state index contributed by atoms with van der Waals surface area (Å²) in [6.45, 7) is 0.886. The van der Waals surface area contributed by atoms with Crippen LogP contribution in [0.3, 0.4) is 0 Å². The van der Waals surface area contributed by atoms with Crippen molar-refractivity contribution in [1.82, 2.24) is 15.0 Å². The third-order valence-corrected chi connectivity index (χ3v) is 3.74. The predicted molar refractivity (Wildman–Crippen MR) is 74.1 cm³/mol. The van der Waals surface area contributed by atoms with Crippen LogP contribution in [0.2, 0.25) is 0 Å². The van der Waals surface area contributed by atoms with Crippen LogP contribution in [0, 0.1) is 0 Å². The maximum absolute atomic E-state index is 10.1. The summed E-state index contributed by atoms with van der Waals surface area (Å²) in [5, 5.41) is 18.2. The molecule has 0 bridgehead atoms. The van der Waals surface area contributed by atoms with E-state index >= 15 is 0 Å². The number of nitrogens with zero attached hydrogens (tertiary/aromatic N) is 3. The first-order valence-electron chi connectivity index (χ1n) is 6.17. The van der Waals surface area contributed by atoms with Crippen LogP contribution in [0.25, 0.3) is 11.3 Å². The van der Waals surface area contributed by atoms with Gasteiger partial charge < -0.3 is 9.84 Å². The Hall–Kier alpha value is -1.37. The van der Waals surface area contributed by atoms with Crippen molar-refractivity contribution >= 4 is 12.6 Å². The molecule has 0 aliphatic carbocycles. The molecule has 6 heteroatoms. The number of hydrogen-bond acceptors (Lipinski definition) is 5. The normalized spacial score (nSPS) is 27.4. The second-order valence-electron chi connectivity index (χ2n) is 4.61. The van der Waals surface area contributed by atoms with Crippen LogP contribution in [0.15, 0.2) is 36.5 Å². The molecule has 3 atom stereocenters. The molecule has 0 unspecified atom stereocenters. The topological polar surface area (TPSA) is 60.2 Å². The smallest absolute Gasteiger partial charge is 0.113 e. The Kier molecular flexibility index (Phi) is 3.54. The molecule has 1 aromatic carbocycles. The van der Waals surface area contributed by atoms with Crippen LogP contribution in [0.4, 0.5) is 0 Å². The van der Waals surface area contributed by atoms with Crippen LogP contribution >= 0.6 is 12.6 Å². The van der Waals surface area contributed by atoms with Gasteiger partial charge in [0.25, 0.3) is 0 Å². The number of aliphatic hydroxyl groups excluding tert-OH is 1. The van der Waals surface area contributed by atoms with E-state index in [1.807, 2.05) is 36.5 Å². The van der Waals surface area contributed by atoms with Gasteiger partial charge in [-0.25, -0.2) is 4.68 Å². The molecule has 2 heterocycles. The summed E-state index contributed by atoms with van der Waals surface area (Å²) in [6, 6.07) is 9.58. The Labute approximate surface area is 116 Å². The molecule has 1 aromatic heterocycles. The summed E-state index contributed by atoms with van der Waals surface area (Å²) in [5.74, 6) is 0. The second kappa shape index (κ2) is 5.32. The molecule has 0 spiro atoms. The van der Waals surface area contributed by atoms with Gasteiger partial charge in [0.1, 0.15) is 11.7 Å². The van der Waals surface area contributed by atoms with Crippen molar-refractivity contribution in [3.05, 3.63) is 36.5 Å². The molecule has 1 aliphatic heterocycles. The molecule has 100 valence electrons. The van der Waals surface area contributed by atoms with Crippen LogP contribution in [-0.2, 0) is 4.74 Å². The SMILES string of the molecule is O[C@H]1[C@H](S)COC[C@@H]1n1cc(-c2ccccc2)nn1. The minimum absolute atomic E-state index is 0.192. The minimum Gasteiger partial charge on any atom is -0.390 e. The lowest BCUT2D eigenvalue weighted by atomic mass is 10.1. The van der Waals surface area contributed by atoms with Gasteiger partial charge in [-0.05, 0) is 0 Å². The summed E-state index contributed by atoms with van der Waals surface area (Å²) in [7, 11) is 0. The molecule has 0 radical (unpaired) electrons. The molecular formula is C13H15N3O2S. The van der Waals surface area contributed by atoms with Crippen molar-refractivity contribution in [3.63, 3.8) is 0 Å². The number of aromatic nitrogens is 3. The lowest BCUT2D eigenvalue weighted by Crippen LogP contribution is -2.42. The van der Waals surface area contributed by atoms with E-state index in [1.165, 1.54) is 0 Å². The van der Waals surface area contributed by atoms with Gasteiger partial charge in [-0.2, -0.15) is 12.6 Å². The van der Waals surface area contributed by atoms with Crippen LogP contribution in [0.5, 0.6) is 0 Å². The molecule has 19 heavy (non-hydrogen) atoms. The fourth-order valence-electron chi connectivity index (χ4n) is 2.18. The zero-order valence-corrected chi connectivity index (χ0v) is 11.1. The Balaban J connectivity index is 1.85. The quantitative estimate of drug-likeness (QED) is 0.809. The highest BCUT2D eigenvalue weighted by Gasteiger charge is 2.32. The van der Waals surface area contributed by atoms with Crippen molar-refractivity contribution < 1.29 is 9.84 Å². The molecule has 1 fully saturated rings. The van der Waals surface area contributed by atoms with Crippen LogP contribution in [0.1, 0.15) is 6.04 Å². The molecule has 1 saturated heterocycles. The third kappa shape index (κ3) is 2.51. The second-order valence-corrected chi connectivity index (χ2v) is 5.28. The predicted octanol–water partition coefficient (Wildman–Crippen LogP) is 1.18. The molecular weight excluding hydrogens is 262 g/mol. The Bertz CT molecular complexity index is 546. The molecule has 1 aliphatic rings. The Morgan fingerprint density at radius 3 is 2.84 bits per heavy atom. The summed E-state index contributed by atoms with van der Waals surface area (Å²) >= 11 is 4.31. The zero-order valence-electron chi connectivity index (χ0n) is 10.3. The van der Waals surface area contributed by atoms with Gasteiger partial charge in [0, 0.05) is 5.56 Å². The van der Waals surface area contributed by atoms with Gasteiger partial charge in [-0.15, -0.1) is 5.10 Å². The molecule has 0 saturated carbocycles. The van der Waals surface area contributed by atoms with E-state index in [4.69, 9.17) is 4.74 Å². The van der Waals surface area contributed by atoms with E-state index in [-0.39, 0.29) is 11.3 Å². The average Bonchev–Trinajstić information content (AvgIpc) is 2.92. The number of benzene rings is 1. The first-order valence-corrected chi connectivity index (χ1v) is 6.68. The van der Waals surface area contributed by atoms with Gasteiger partial charge in [-0.1, -0.05) is 35.5 Å². The van der Waals surface area contributed by atoms with Gasteiger partial charge in [0.2, 0.25) is 0 Å². The summed E-state index contributed by atoms with van der Waals surface area (Å²) in [6.07, 6.45) is 1.25. The van der Waals surface area contributed by atoms with E-state index < -0.39 is 6.10 Å². The highest BCUT2D eigenvalue weighted by molar-refractivity contribution is 7.81. The van der Waals surface area contributed by atoms with Crippen molar-refractivity contribution in [2.24, 2.45) is 0 Å². The fraction of sp³-hybridized carbons (Fsp3) is 0.385. The monoisotopic (exact) mass is 277 g/mol. The van der Waals surface area contributed by atoms with Crippen molar-refractivity contribution in [1.29, 1.82) is 0 Å². The first kappa shape index (κ1) is 12.7. The largest absolute Gasteiger partial charge is 0.390 e. The van der Waals surface area contributed by atoms with Crippen molar-refractivity contribution in [3.8, 4) is 11.3 Å². The Morgan fingerprint density at radius 2 is 2.05 bits per heavy atom. The third-order valence-electron chi connectivity index (χ3n) is 3.29. The van der Waals surface area contributed by atoms with Gasteiger partial charge in [0.15, 0.2) is 0 Å². The molecule has 5 nitrogen and oxygen atoms in total. The standard InChI is InChI=1S/C13H15N3O2S/c17-13-11(7-18-8-12(13)19)16-6-10(14-15-16)9-4-2-1-3-5-9/h1-6,11-13,17,19H,7-8H2/t11-,12+,13+/m0/s1. The molecule has 0 amide bonds. The number of rotatable bonds is 2. The fourth-order valence-corrected chi connectivity index (χ4v) is 2.48.